The minimum Gasteiger partial charge on any atom is -0.497 e. The summed E-state index contributed by atoms with van der Waals surface area (Å²) >= 11 is 5.92. The zero-order valence-electron chi connectivity index (χ0n) is 19.6. The van der Waals surface area contributed by atoms with E-state index in [9.17, 15) is 23.2 Å². The zero-order chi connectivity index (χ0) is 26.0. The van der Waals surface area contributed by atoms with Gasteiger partial charge in [0.05, 0.1) is 13.7 Å². The number of alkyl halides is 2. The van der Waals surface area contributed by atoms with Gasteiger partial charge in [-0.2, -0.15) is 0 Å². The molecule has 0 saturated carbocycles. The molecule has 1 aromatic heterocycles. The minimum atomic E-state index is -2.73. The number of ether oxygens (including phenoxy) is 1. The number of aromatic nitrogens is 1. The molecule has 2 heterocycles. The Bertz CT molecular complexity index is 1330. The van der Waals surface area contributed by atoms with Crippen LogP contribution in [0.15, 0.2) is 65.6 Å². The van der Waals surface area contributed by atoms with E-state index in [2.05, 4.69) is 5.32 Å². The van der Waals surface area contributed by atoms with E-state index in [4.69, 9.17) is 16.3 Å². The SMILES string of the molecule is COc1ccc([C@@H]2CN(c3c(C)ccn(CC(F)F)c3=O)C(=O)[C@H]2NC(=O)c2ccc(Cl)cc2)cc1. The van der Waals surface area contributed by atoms with Crippen LogP contribution in [0.2, 0.25) is 5.02 Å². The Balaban J connectivity index is 1.73. The number of methoxy groups -OCH3 is 1. The second kappa shape index (κ2) is 10.5. The number of halogens is 3. The van der Waals surface area contributed by atoms with E-state index >= 15 is 0 Å². The molecule has 1 saturated heterocycles. The Morgan fingerprint density at radius 2 is 1.78 bits per heavy atom. The smallest absolute Gasteiger partial charge is 0.274 e. The van der Waals surface area contributed by atoms with Crippen molar-refractivity contribution in [2.75, 3.05) is 18.6 Å². The van der Waals surface area contributed by atoms with Gasteiger partial charge in [-0.3, -0.25) is 14.4 Å². The number of nitrogens with one attached hydrogen (secondary N) is 1. The summed E-state index contributed by atoms with van der Waals surface area (Å²) in [5, 5.41) is 3.26. The van der Waals surface area contributed by atoms with E-state index in [0.29, 0.717) is 21.9 Å². The number of aryl methyl sites for hydroxylation is 1. The summed E-state index contributed by atoms with van der Waals surface area (Å²) in [6.45, 7) is 0.928. The molecule has 0 radical (unpaired) electrons. The van der Waals surface area contributed by atoms with Crippen LogP contribution in [0, 0.1) is 6.92 Å². The molecule has 1 aliphatic heterocycles. The minimum absolute atomic E-state index is 0.0184. The number of rotatable bonds is 7. The largest absolute Gasteiger partial charge is 0.497 e. The Morgan fingerprint density at radius 1 is 1.11 bits per heavy atom. The van der Waals surface area contributed by atoms with E-state index < -0.39 is 42.3 Å². The molecular weight excluding hydrogens is 492 g/mol. The number of hydrogen-bond donors (Lipinski definition) is 1. The number of nitrogens with zero attached hydrogens (tertiary/aromatic N) is 2. The summed E-state index contributed by atoms with van der Waals surface area (Å²) in [5.41, 5.74) is 0.854. The van der Waals surface area contributed by atoms with Gasteiger partial charge in [-0.05, 0) is 60.5 Å². The fourth-order valence-corrected chi connectivity index (χ4v) is 4.47. The Hall–Kier alpha value is -3.72. The number of hydrogen-bond acceptors (Lipinski definition) is 4. The van der Waals surface area contributed by atoms with Gasteiger partial charge in [-0.25, -0.2) is 8.78 Å². The van der Waals surface area contributed by atoms with Crippen molar-refractivity contribution in [1.82, 2.24) is 9.88 Å². The van der Waals surface area contributed by atoms with Crippen molar-refractivity contribution in [3.05, 3.63) is 92.9 Å². The van der Waals surface area contributed by atoms with E-state index in [1.807, 2.05) is 0 Å². The molecule has 1 N–H and O–H groups in total. The average molecular weight is 516 g/mol. The first-order valence-corrected chi connectivity index (χ1v) is 11.6. The van der Waals surface area contributed by atoms with Gasteiger partial charge in [0, 0.05) is 29.2 Å². The molecule has 2 amide bonds. The van der Waals surface area contributed by atoms with Crippen LogP contribution in [0.4, 0.5) is 14.5 Å². The molecule has 1 aliphatic rings. The third-order valence-electron chi connectivity index (χ3n) is 6.20. The van der Waals surface area contributed by atoms with Crippen LogP contribution in [-0.2, 0) is 11.3 Å². The molecule has 0 unspecified atom stereocenters. The fourth-order valence-electron chi connectivity index (χ4n) is 4.34. The van der Waals surface area contributed by atoms with Crippen LogP contribution in [0.25, 0.3) is 0 Å². The summed E-state index contributed by atoms with van der Waals surface area (Å²) in [5.74, 6) is -0.879. The van der Waals surface area contributed by atoms with Crippen molar-refractivity contribution in [2.45, 2.75) is 31.9 Å². The number of carbonyl (C=O) groups excluding carboxylic acids is 2. The van der Waals surface area contributed by atoms with Crippen LogP contribution in [0.5, 0.6) is 5.75 Å². The van der Waals surface area contributed by atoms with Crippen LogP contribution in [0.3, 0.4) is 0 Å². The molecule has 36 heavy (non-hydrogen) atoms. The van der Waals surface area contributed by atoms with E-state index in [0.717, 1.165) is 10.1 Å². The number of pyridine rings is 1. The second-order valence-electron chi connectivity index (χ2n) is 8.48. The molecule has 188 valence electrons. The topological polar surface area (TPSA) is 80.6 Å². The van der Waals surface area contributed by atoms with Crippen LogP contribution < -0.4 is 20.5 Å². The monoisotopic (exact) mass is 515 g/mol. The predicted molar refractivity (Wildman–Crippen MR) is 132 cm³/mol. The lowest BCUT2D eigenvalue weighted by Gasteiger charge is -2.20. The lowest BCUT2D eigenvalue weighted by atomic mass is 9.93. The van der Waals surface area contributed by atoms with Crippen LogP contribution >= 0.6 is 11.6 Å². The highest BCUT2D eigenvalue weighted by Gasteiger charge is 2.44. The summed E-state index contributed by atoms with van der Waals surface area (Å²) in [6, 6.07) is 13.8. The van der Waals surface area contributed by atoms with Gasteiger partial charge in [-0.1, -0.05) is 23.7 Å². The fraction of sp³-hybridized carbons (Fsp3) is 0.269. The maximum absolute atomic E-state index is 13.6. The van der Waals surface area contributed by atoms with Gasteiger partial charge in [0.25, 0.3) is 17.9 Å². The maximum atomic E-state index is 13.6. The highest BCUT2D eigenvalue weighted by Crippen LogP contribution is 2.33. The number of benzene rings is 2. The standard InChI is InChI=1S/C26H24ClF2N3O4/c1-15-11-12-31(14-21(28)29)26(35)23(15)32-13-20(16-5-9-19(36-2)10-6-16)22(25(32)34)30-24(33)17-3-7-18(27)8-4-17/h3-12,20-22H,13-14H2,1-2H3,(H,30,33)/t20-,22-/m0/s1. The normalized spacial score (nSPS) is 17.5. The molecule has 3 aromatic rings. The molecule has 4 rings (SSSR count). The lowest BCUT2D eigenvalue weighted by molar-refractivity contribution is -0.118. The first-order valence-electron chi connectivity index (χ1n) is 11.2. The predicted octanol–water partition coefficient (Wildman–Crippen LogP) is 4.01. The van der Waals surface area contributed by atoms with E-state index in [1.165, 1.54) is 24.3 Å². The van der Waals surface area contributed by atoms with Crippen molar-refractivity contribution in [3.63, 3.8) is 0 Å². The van der Waals surface area contributed by atoms with E-state index in [1.54, 1.807) is 55.5 Å². The van der Waals surface area contributed by atoms with Gasteiger partial charge < -0.3 is 19.5 Å². The highest BCUT2D eigenvalue weighted by molar-refractivity contribution is 6.30. The average Bonchev–Trinajstić information content (AvgIpc) is 3.17. The molecule has 7 nitrogen and oxygen atoms in total. The van der Waals surface area contributed by atoms with Crippen molar-refractivity contribution in [1.29, 1.82) is 0 Å². The van der Waals surface area contributed by atoms with Gasteiger partial charge in [0.2, 0.25) is 5.91 Å². The molecular formula is C26H24ClF2N3O4. The van der Waals surface area contributed by atoms with Crippen molar-refractivity contribution in [2.24, 2.45) is 0 Å². The number of carbonyl (C=O) groups is 2. The van der Waals surface area contributed by atoms with Crippen molar-refractivity contribution >= 4 is 29.1 Å². The summed E-state index contributed by atoms with van der Waals surface area (Å²) < 4.78 is 32.1. The Kier molecular flexibility index (Phi) is 7.40. The maximum Gasteiger partial charge on any atom is 0.274 e. The molecule has 2 atom stereocenters. The van der Waals surface area contributed by atoms with Gasteiger partial charge in [-0.15, -0.1) is 0 Å². The second-order valence-corrected chi connectivity index (χ2v) is 8.92. The lowest BCUT2D eigenvalue weighted by Crippen LogP contribution is -2.44. The first kappa shape index (κ1) is 25.4. The Morgan fingerprint density at radius 3 is 2.39 bits per heavy atom. The number of anilines is 1. The Labute approximate surface area is 211 Å². The quantitative estimate of drug-likeness (QED) is 0.515. The summed E-state index contributed by atoms with van der Waals surface area (Å²) in [6.07, 6.45) is -1.44. The van der Waals surface area contributed by atoms with Crippen LogP contribution in [-0.4, -0.2) is 42.5 Å². The van der Waals surface area contributed by atoms with Crippen molar-refractivity contribution in [3.8, 4) is 5.75 Å². The molecule has 0 aliphatic carbocycles. The van der Waals surface area contributed by atoms with Gasteiger partial charge in [0.1, 0.15) is 17.5 Å². The summed E-state index contributed by atoms with van der Waals surface area (Å²) in [7, 11) is 1.54. The van der Waals surface area contributed by atoms with E-state index in [-0.39, 0.29) is 12.2 Å². The third kappa shape index (κ3) is 5.11. The molecule has 0 spiro atoms. The third-order valence-corrected chi connectivity index (χ3v) is 6.45. The molecule has 1 fully saturated rings. The van der Waals surface area contributed by atoms with Gasteiger partial charge >= 0.3 is 0 Å². The zero-order valence-corrected chi connectivity index (χ0v) is 20.3. The molecule has 0 bridgehead atoms. The highest BCUT2D eigenvalue weighted by atomic mass is 35.5. The van der Waals surface area contributed by atoms with Crippen molar-refractivity contribution < 1.29 is 23.1 Å². The van der Waals surface area contributed by atoms with Crippen LogP contribution in [0.1, 0.15) is 27.4 Å². The molecule has 10 heteroatoms. The number of amides is 2. The first-order chi connectivity index (χ1) is 17.2. The summed E-state index contributed by atoms with van der Waals surface area (Å²) in [4.78, 5) is 41.0. The van der Waals surface area contributed by atoms with Gasteiger partial charge in [0.15, 0.2) is 0 Å². The molecule has 2 aromatic carbocycles.